The summed E-state index contributed by atoms with van der Waals surface area (Å²) in [5.41, 5.74) is 6.23. The Kier molecular flexibility index (Phi) is 8.06. The average molecular weight is 591 g/mol. The van der Waals surface area contributed by atoms with Crippen LogP contribution < -0.4 is 15.8 Å². The number of nitrogens with two attached hydrogens (primary N) is 1. The molecule has 0 bridgehead atoms. The Balaban J connectivity index is 1.47. The van der Waals surface area contributed by atoms with E-state index in [2.05, 4.69) is 20.4 Å². The number of hydrogen-bond donors (Lipinski definition) is 2. The van der Waals surface area contributed by atoms with Gasteiger partial charge in [-0.15, -0.1) is 0 Å². The summed E-state index contributed by atoms with van der Waals surface area (Å²) < 4.78 is 50.1. The smallest absolute Gasteiger partial charge is 0.264 e. The van der Waals surface area contributed by atoms with E-state index in [9.17, 15) is 18.8 Å². The van der Waals surface area contributed by atoms with Gasteiger partial charge < -0.3 is 20.7 Å². The topological polar surface area (TPSA) is 135 Å². The van der Waals surface area contributed by atoms with Crippen molar-refractivity contribution in [2.24, 2.45) is 0 Å². The first-order valence-corrected chi connectivity index (χ1v) is 13.5. The third-order valence-corrected chi connectivity index (χ3v) is 7.42. The van der Waals surface area contributed by atoms with E-state index in [1.54, 1.807) is 22.7 Å². The lowest BCUT2D eigenvalue weighted by molar-refractivity contribution is -0.127. The van der Waals surface area contributed by atoms with Gasteiger partial charge in [-0.1, -0.05) is 6.07 Å². The highest BCUT2D eigenvalue weighted by molar-refractivity contribution is 5.99. The van der Waals surface area contributed by atoms with E-state index < -0.39 is 23.0 Å². The van der Waals surface area contributed by atoms with Gasteiger partial charge in [0.1, 0.15) is 41.0 Å². The van der Waals surface area contributed by atoms with Crippen LogP contribution in [0.5, 0.6) is 11.5 Å². The van der Waals surface area contributed by atoms with E-state index in [4.69, 9.17) is 10.5 Å². The average Bonchev–Trinajstić information content (AvgIpc) is 3.60. The molecule has 10 nitrogen and oxygen atoms in total. The summed E-state index contributed by atoms with van der Waals surface area (Å²) in [5, 5.41) is 17.7. The first-order chi connectivity index (χ1) is 20.5. The van der Waals surface area contributed by atoms with Crippen LogP contribution in [-0.2, 0) is 11.3 Å². The van der Waals surface area contributed by atoms with Crippen LogP contribution in [0.4, 0.5) is 19.0 Å². The van der Waals surface area contributed by atoms with Crippen molar-refractivity contribution in [2.45, 2.75) is 44.8 Å². The predicted molar refractivity (Wildman–Crippen MR) is 153 cm³/mol. The minimum absolute atomic E-state index is 0.0336. The van der Waals surface area contributed by atoms with Crippen molar-refractivity contribution in [3.05, 3.63) is 71.8 Å². The molecule has 3 heterocycles. The Hall–Kier alpha value is -4.96. The fourth-order valence-corrected chi connectivity index (χ4v) is 5.01. The highest BCUT2D eigenvalue weighted by atomic mass is 19.2. The van der Waals surface area contributed by atoms with Crippen molar-refractivity contribution in [1.29, 1.82) is 5.26 Å². The maximum absolute atomic E-state index is 15.5. The number of nitrogens with zero attached hydrogens (tertiary/aromatic N) is 6. The quantitative estimate of drug-likeness (QED) is 0.222. The number of hydrogen-bond acceptors (Lipinski definition) is 8. The molecule has 43 heavy (non-hydrogen) atoms. The molecule has 0 spiro atoms. The van der Waals surface area contributed by atoms with Gasteiger partial charge >= 0.3 is 0 Å². The number of rotatable bonds is 8. The van der Waals surface area contributed by atoms with Gasteiger partial charge in [-0.05, 0) is 64.1 Å². The molecule has 0 saturated carbocycles. The zero-order valence-corrected chi connectivity index (χ0v) is 23.7. The van der Waals surface area contributed by atoms with Gasteiger partial charge in [0.2, 0.25) is 5.82 Å². The molecule has 0 aliphatic carbocycles. The Labute approximate surface area is 245 Å². The number of fused-ring (bicyclic) bond motifs is 1. The predicted octanol–water partition coefficient (Wildman–Crippen LogP) is 4.72. The van der Waals surface area contributed by atoms with Crippen molar-refractivity contribution >= 4 is 22.8 Å². The van der Waals surface area contributed by atoms with Gasteiger partial charge in [-0.3, -0.25) is 4.79 Å². The van der Waals surface area contributed by atoms with Crippen LogP contribution in [-0.4, -0.2) is 55.7 Å². The highest BCUT2D eigenvalue weighted by Crippen LogP contribution is 2.35. The van der Waals surface area contributed by atoms with Crippen molar-refractivity contribution in [2.75, 3.05) is 19.3 Å². The second kappa shape index (κ2) is 11.7. The van der Waals surface area contributed by atoms with Gasteiger partial charge in [0.05, 0.1) is 18.0 Å². The molecule has 1 saturated heterocycles. The molecule has 1 aliphatic rings. The minimum Gasteiger partial charge on any atom is -0.454 e. The summed E-state index contributed by atoms with van der Waals surface area (Å²) in [6.45, 7) is 4.40. The monoisotopic (exact) mass is 590 g/mol. The van der Waals surface area contributed by atoms with Gasteiger partial charge in [0.15, 0.2) is 17.2 Å². The minimum atomic E-state index is -1.19. The first-order valence-electron chi connectivity index (χ1n) is 13.5. The van der Waals surface area contributed by atoms with E-state index >= 15 is 4.39 Å². The first kappa shape index (κ1) is 29.5. The largest absolute Gasteiger partial charge is 0.454 e. The van der Waals surface area contributed by atoms with Gasteiger partial charge in [0.25, 0.3) is 5.91 Å². The van der Waals surface area contributed by atoms with Crippen molar-refractivity contribution < 1.29 is 22.7 Å². The summed E-state index contributed by atoms with van der Waals surface area (Å²) in [5.74, 6) is -3.78. The summed E-state index contributed by atoms with van der Waals surface area (Å²) in [7, 11) is 1.75. The fraction of sp³-hybridized carbons (Fsp3) is 0.300. The van der Waals surface area contributed by atoms with Crippen LogP contribution in [0, 0.1) is 28.8 Å². The Morgan fingerprint density at radius 2 is 2.02 bits per heavy atom. The lowest BCUT2D eigenvalue weighted by Crippen LogP contribution is -2.40. The van der Waals surface area contributed by atoms with Crippen LogP contribution >= 0.6 is 0 Å². The summed E-state index contributed by atoms with van der Waals surface area (Å²) >= 11 is 0. The number of carbonyl (C=O) groups is 1. The van der Waals surface area contributed by atoms with E-state index in [1.807, 2.05) is 19.9 Å². The standard InChI is InChI=1S/C30H29F3N8O2/c1-30(2,36-3)13-17(14-34)29(42)40-11-5-6-18(40)15-41-28-24(27(35)37-16-38-28)26(39-41)20-10-9-19(12-22(20)32)43-23-8-4-7-21(31)25(23)33/h4,7-10,12-13,16,18,36H,5-6,11,15H2,1-3H3,(H2,35,37,38)/b17-13+/t18-/m1/s1. The lowest BCUT2D eigenvalue weighted by atomic mass is 10.0. The number of ether oxygens (including phenoxy) is 1. The maximum atomic E-state index is 15.5. The van der Waals surface area contributed by atoms with Crippen LogP contribution in [0.2, 0.25) is 0 Å². The molecule has 1 atom stereocenters. The molecule has 0 radical (unpaired) electrons. The molecule has 4 aromatic rings. The van der Waals surface area contributed by atoms with Gasteiger partial charge in [-0.25, -0.2) is 23.4 Å². The molecular formula is C30H29F3N8O2. The number of benzene rings is 2. The second-order valence-corrected chi connectivity index (χ2v) is 10.7. The molecule has 13 heteroatoms. The molecule has 1 fully saturated rings. The summed E-state index contributed by atoms with van der Waals surface area (Å²) in [6.07, 6.45) is 4.27. The van der Waals surface area contributed by atoms with Crippen molar-refractivity contribution in [3.8, 4) is 28.8 Å². The zero-order valence-electron chi connectivity index (χ0n) is 23.7. The van der Waals surface area contributed by atoms with Crippen molar-refractivity contribution in [3.63, 3.8) is 0 Å². The maximum Gasteiger partial charge on any atom is 0.264 e. The number of likely N-dealkylation sites (N-methyl/N-ethyl adjacent to an activating group) is 1. The number of likely N-dealkylation sites (tertiary alicyclic amines) is 1. The molecule has 2 aromatic carbocycles. The molecule has 222 valence electrons. The Morgan fingerprint density at radius 3 is 2.74 bits per heavy atom. The van der Waals surface area contributed by atoms with E-state index in [1.165, 1.54) is 30.6 Å². The highest BCUT2D eigenvalue weighted by Gasteiger charge is 2.33. The Morgan fingerprint density at radius 1 is 1.23 bits per heavy atom. The van der Waals surface area contributed by atoms with Crippen LogP contribution in [0.25, 0.3) is 22.3 Å². The molecule has 2 aromatic heterocycles. The van der Waals surface area contributed by atoms with Crippen LogP contribution in [0.1, 0.15) is 26.7 Å². The molecular weight excluding hydrogens is 561 g/mol. The third kappa shape index (κ3) is 5.87. The summed E-state index contributed by atoms with van der Waals surface area (Å²) in [4.78, 5) is 23.4. The number of carbonyl (C=O) groups excluding carboxylic acids is 1. The molecule has 0 unspecified atom stereocenters. The third-order valence-electron chi connectivity index (χ3n) is 7.42. The SMILES string of the molecule is CNC(C)(C)/C=C(\C#N)C(=O)N1CCC[C@@H]1Cn1nc(-c2ccc(Oc3cccc(F)c3F)cc2F)c2c(N)ncnc21. The van der Waals surface area contributed by atoms with Crippen molar-refractivity contribution in [1.82, 2.24) is 30.0 Å². The number of nitriles is 1. The number of nitrogen functional groups attached to an aromatic ring is 1. The molecule has 5 rings (SSSR count). The molecule has 1 aliphatic heterocycles. The van der Waals surface area contributed by atoms with Crippen LogP contribution in [0.3, 0.4) is 0 Å². The number of nitrogens with one attached hydrogen (secondary N) is 1. The fourth-order valence-electron chi connectivity index (χ4n) is 5.01. The number of halogens is 3. The molecule has 3 N–H and O–H groups in total. The van der Waals surface area contributed by atoms with Crippen LogP contribution in [0.15, 0.2) is 54.4 Å². The van der Waals surface area contributed by atoms with Gasteiger partial charge in [-0.2, -0.15) is 14.8 Å². The normalized spacial score (nSPS) is 15.6. The number of anilines is 1. The number of aromatic nitrogens is 4. The lowest BCUT2D eigenvalue weighted by Gasteiger charge is -2.26. The van der Waals surface area contributed by atoms with E-state index in [-0.39, 0.29) is 52.6 Å². The van der Waals surface area contributed by atoms with Gasteiger partial charge in [0, 0.05) is 23.7 Å². The number of amides is 1. The Bertz CT molecular complexity index is 1780. The summed E-state index contributed by atoms with van der Waals surface area (Å²) in [6, 6.07) is 8.99. The second-order valence-electron chi connectivity index (χ2n) is 10.7. The zero-order chi connectivity index (χ0) is 30.9. The van der Waals surface area contributed by atoms with E-state index in [0.29, 0.717) is 24.0 Å². The molecule has 1 amide bonds. The van der Waals surface area contributed by atoms with E-state index in [0.717, 1.165) is 18.6 Å².